The van der Waals surface area contributed by atoms with E-state index in [1.165, 1.54) is 5.56 Å². The lowest BCUT2D eigenvalue weighted by atomic mass is 10.0. The van der Waals surface area contributed by atoms with Crippen molar-refractivity contribution >= 4 is 16.6 Å². The molecule has 1 aromatic heterocycles. The van der Waals surface area contributed by atoms with E-state index in [1.807, 2.05) is 24.3 Å². The highest BCUT2D eigenvalue weighted by molar-refractivity contribution is 5.83. The second-order valence-electron chi connectivity index (χ2n) is 6.55. The van der Waals surface area contributed by atoms with E-state index >= 15 is 0 Å². The summed E-state index contributed by atoms with van der Waals surface area (Å²) in [5, 5.41) is 4.24. The van der Waals surface area contributed by atoms with E-state index < -0.39 is 0 Å². The van der Waals surface area contributed by atoms with E-state index in [4.69, 9.17) is 9.47 Å². The maximum Gasteiger partial charge on any atom is 0.253 e. The first kappa shape index (κ1) is 15.6. The highest BCUT2D eigenvalue weighted by Gasteiger charge is 2.15. The summed E-state index contributed by atoms with van der Waals surface area (Å²) in [5.74, 6) is 1.88. The Bertz CT molecular complexity index is 975. The molecule has 4 rings (SSSR count). The molecule has 0 saturated carbocycles. The minimum Gasteiger partial charge on any atom is -0.454 e. The second-order valence-corrected chi connectivity index (χ2v) is 6.55. The summed E-state index contributed by atoms with van der Waals surface area (Å²) in [7, 11) is 0. The Labute approximate surface area is 145 Å². The smallest absolute Gasteiger partial charge is 0.253 e. The average molecular weight is 336 g/mol. The Hall–Kier alpha value is -2.95. The first-order valence-electron chi connectivity index (χ1n) is 8.39. The number of aromatic amines is 1. The summed E-state index contributed by atoms with van der Waals surface area (Å²) in [6.45, 7) is 5.02. The van der Waals surface area contributed by atoms with Gasteiger partial charge >= 0.3 is 0 Å². The Morgan fingerprint density at radius 2 is 1.80 bits per heavy atom. The number of nitrogens with one attached hydrogen (secondary N) is 2. The fourth-order valence-corrected chi connectivity index (χ4v) is 2.96. The fraction of sp³-hybridized carbons (Fsp3) is 0.250. The number of aromatic nitrogens is 1. The number of hydrogen-bond donors (Lipinski definition) is 2. The van der Waals surface area contributed by atoms with Crippen LogP contribution < -0.4 is 20.3 Å². The van der Waals surface area contributed by atoms with Gasteiger partial charge in [-0.1, -0.05) is 26.0 Å². The molecule has 0 aliphatic carbocycles. The Morgan fingerprint density at radius 1 is 1.08 bits per heavy atom. The summed E-state index contributed by atoms with van der Waals surface area (Å²) in [6, 6.07) is 13.9. The molecule has 0 fully saturated rings. The Kier molecular flexibility index (Phi) is 3.84. The van der Waals surface area contributed by atoms with Crippen LogP contribution in [0.3, 0.4) is 0 Å². The van der Waals surface area contributed by atoms with Crippen LogP contribution in [0.25, 0.3) is 10.9 Å². The van der Waals surface area contributed by atoms with Crippen LogP contribution in [-0.4, -0.2) is 11.8 Å². The van der Waals surface area contributed by atoms with Crippen LogP contribution in [0.4, 0.5) is 5.69 Å². The van der Waals surface area contributed by atoms with Gasteiger partial charge in [-0.25, -0.2) is 0 Å². The predicted octanol–water partition coefficient (Wildman–Crippen LogP) is 3.99. The first-order chi connectivity index (χ1) is 12.1. The Balaban J connectivity index is 1.57. The van der Waals surface area contributed by atoms with Crippen molar-refractivity contribution in [3.8, 4) is 11.5 Å². The van der Waals surface area contributed by atoms with Crippen molar-refractivity contribution in [2.75, 3.05) is 12.1 Å². The van der Waals surface area contributed by atoms with Crippen molar-refractivity contribution in [2.45, 2.75) is 26.3 Å². The van der Waals surface area contributed by atoms with Crippen LogP contribution in [0.15, 0.2) is 47.3 Å². The van der Waals surface area contributed by atoms with Gasteiger partial charge in [-0.2, -0.15) is 0 Å². The number of benzene rings is 2. The van der Waals surface area contributed by atoms with Crippen molar-refractivity contribution in [1.82, 2.24) is 4.98 Å². The largest absolute Gasteiger partial charge is 0.454 e. The Morgan fingerprint density at radius 3 is 2.52 bits per heavy atom. The summed E-state index contributed by atoms with van der Waals surface area (Å²) in [6.07, 6.45) is 0. The molecule has 0 radical (unpaired) electrons. The lowest BCUT2D eigenvalue weighted by Gasteiger charge is -2.10. The lowest BCUT2D eigenvalue weighted by Crippen LogP contribution is -2.15. The maximum absolute atomic E-state index is 12.3. The molecule has 0 amide bonds. The minimum absolute atomic E-state index is 0.0994. The highest BCUT2D eigenvalue weighted by Crippen LogP contribution is 2.35. The van der Waals surface area contributed by atoms with Gasteiger partial charge in [0.1, 0.15) is 0 Å². The van der Waals surface area contributed by atoms with Gasteiger partial charge in [-0.05, 0) is 35.7 Å². The van der Waals surface area contributed by atoms with Crippen LogP contribution in [0.5, 0.6) is 11.5 Å². The third kappa shape index (κ3) is 3.05. The number of hydrogen-bond acceptors (Lipinski definition) is 4. The summed E-state index contributed by atoms with van der Waals surface area (Å²) in [5.41, 5.74) is 3.62. The quantitative estimate of drug-likeness (QED) is 0.756. The van der Waals surface area contributed by atoms with Crippen LogP contribution in [0.2, 0.25) is 0 Å². The molecule has 128 valence electrons. The van der Waals surface area contributed by atoms with Gasteiger partial charge in [0.05, 0.1) is 5.52 Å². The van der Waals surface area contributed by atoms with Crippen LogP contribution >= 0.6 is 0 Å². The van der Waals surface area contributed by atoms with Gasteiger partial charge in [-0.3, -0.25) is 4.79 Å². The number of pyridine rings is 1. The van der Waals surface area contributed by atoms with Gasteiger partial charge < -0.3 is 19.8 Å². The van der Waals surface area contributed by atoms with Crippen molar-refractivity contribution in [3.05, 3.63) is 63.9 Å². The first-order valence-corrected chi connectivity index (χ1v) is 8.39. The molecule has 0 atom stereocenters. The zero-order valence-electron chi connectivity index (χ0n) is 14.3. The average Bonchev–Trinajstić information content (AvgIpc) is 3.05. The SMILES string of the molecule is CC(C)c1ccc(NCc2cc3cc4c(cc3[nH]c2=O)OCO4)cc1. The van der Waals surface area contributed by atoms with Crippen molar-refractivity contribution in [1.29, 1.82) is 0 Å². The topological polar surface area (TPSA) is 63.4 Å². The van der Waals surface area contributed by atoms with Crippen molar-refractivity contribution in [2.24, 2.45) is 0 Å². The van der Waals surface area contributed by atoms with Crippen LogP contribution in [0.1, 0.15) is 30.9 Å². The van der Waals surface area contributed by atoms with Crippen LogP contribution in [-0.2, 0) is 6.54 Å². The molecule has 0 spiro atoms. The zero-order chi connectivity index (χ0) is 17.4. The number of ether oxygens (including phenoxy) is 2. The minimum atomic E-state index is -0.0994. The second kappa shape index (κ2) is 6.16. The molecular formula is C20H20N2O3. The molecular weight excluding hydrogens is 316 g/mol. The molecule has 5 heteroatoms. The van der Waals surface area contributed by atoms with E-state index in [0.29, 0.717) is 29.5 Å². The lowest BCUT2D eigenvalue weighted by molar-refractivity contribution is 0.174. The number of rotatable bonds is 4. The zero-order valence-corrected chi connectivity index (χ0v) is 14.3. The number of fused-ring (bicyclic) bond motifs is 2. The van der Waals surface area contributed by atoms with Gasteiger partial charge in [-0.15, -0.1) is 0 Å². The summed E-state index contributed by atoms with van der Waals surface area (Å²) in [4.78, 5) is 15.2. The number of anilines is 1. The summed E-state index contributed by atoms with van der Waals surface area (Å²) < 4.78 is 10.8. The highest BCUT2D eigenvalue weighted by atomic mass is 16.7. The van der Waals surface area contributed by atoms with E-state index in [9.17, 15) is 4.79 Å². The molecule has 25 heavy (non-hydrogen) atoms. The molecule has 5 nitrogen and oxygen atoms in total. The van der Waals surface area contributed by atoms with Gasteiger partial charge in [0, 0.05) is 29.2 Å². The molecule has 2 N–H and O–H groups in total. The van der Waals surface area contributed by atoms with Crippen molar-refractivity contribution < 1.29 is 9.47 Å². The molecule has 0 saturated heterocycles. The van der Waals surface area contributed by atoms with Gasteiger partial charge in [0.25, 0.3) is 5.56 Å². The normalized spacial score (nSPS) is 12.8. The van der Waals surface area contributed by atoms with E-state index in [1.54, 1.807) is 6.07 Å². The van der Waals surface area contributed by atoms with Gasteiger partial charge in [0.2, 0.25) is 6.79 Å². The fourth-order valence-electron chi connectivity index (χ4n) is 2.96. The molecule has 2 aromatic carbocycles. The van der Waals surface area contributed by atoms with E-state index in [-0.39, 0.29) is 12.4 Å². The standard InChI is InChI=1S/C20H20N2O3/c1-12(2)13-3-5-16(6-4-13)21-10-15-7-14-8-18-19(25-11-24-18)9-17(14)22-20(15)23/h3-9,12,21H,10-11H2,1-2H3,(H,22,23). The third-order valence-corrected chi connectivity index (χ3v) is 4.47. The monoisotopic (exact) mass is 336 g/mol. The van der Waals surface area contributed by atoms with E-state index in [0.717, 1.165) is 16.6 Å². The van der Waals surface area contributed by atoms with Crippen LogP contribution in [0, 0.1) is 0 Å². The van der Waals surface area contributed by atoms with E-state index in [2.05, 4.69) is 36.3 Å². The molecule has 1 aliphatic rings. The molecule has 0 unspecified atom stereocenters. The molecule has 1 aliphatic heterocycles. The molecule has 2 heterocycles. The maximum atomic E-state index is 12.3. The predicted molar refractivity (Wildman–Crippen MR) is 98.5 cm³/mol. The number of H-pyrrole nitrogens is 1. The third-order valence-electron chi connectivity index (χ3n) is 4.47. The molecule has 3 aromatic rings. The summed E-state index contributed by atoms with van der Waals surface area (Å²) >= 11 is 0. The van der Waals surface area contributed by atoms with Crippen molar-refractivity contribution in [3.63, 3.8) is 0 Å². The molecule has 0 bridgehead atoms. The van der Waals surface area contributed by atoms with Gasteiger partial charge in [0.15, 0.2) is 11.5 Å².